The van der Waals surface area contributed by atoms with Crippen molar-refractivity contribution < 1.29 is 0 Å². The highest BCUT2D eigenvalue weighted by atomic mass is 15.2. The number of aromatic nitrogens is 1. The second kappa shape index (κ2) is 15.7. The summed E-state index contributed by atoms with van der Waals surface area (Å²) in [6, 6.07) is 78.5. The monoisotopic (exact) mass is 903 g/mol. The van der Waals surface area contributed by atoms with Crippen LogP contribution in [0.25, 0.3) is 38.6 Å². The number of aryl methyl sites for hydroxylation is 1. The lowest BCUT2D eigenvalue weighted by molar-refractivity contribution is 0.258. The number of para-hydroxylation sites is 3. The molecule has 3 atom stereocenters. The maximum Gasteiger partial charge on any atom is 0.0561 e. The number of anilines is 6. The van der Waals surface area contributed by atoms with Gasteiger partial charge in [-0.15, -0.1) is 0 Å². The third-order valence-electron chi connectivity index (χ3n) is 17.2. The van der Waals surface area contributed by atoms with Crippen molar-refractivity contribution in [2.24, 2.45) is 11.8 Å². The van der Waals surface area contributed by atoms with Crippen molar-refractivity contribution in [2.45, 2.75) is 70.1 Å². The topological polar surface area (TPSA) is 11.4 Å². The van der Waals surface area contributed by atoms with Gasteiger partial charge in [0.2, 0.25) is 0 Å². The third-order valence-corrected chi connectivity index (χ3v) is 17.2. The smallest absolute Gasteiger partial charge is 0.0561 e. The Morgan fingerprint density at radius 3 is 1.64 bits per heavy atom. The van der Waals surface area contributed by atoms with Crippen LogP contribution < -0.4 is 9.80 Å². The Kier molecular flexibility index (Phi) is 9.28. The van der Waals surface area contributed by atoms with E-state index in [0.29, 0.717) is 11.8 Å². The zero-order chi connectivity index (χ0) is 46.7. The molecule has 1 fully saturated rings. The first-order chi connectivity index (χ1) is 34.4. The minimum absolute atomic E-state index is 0.114. The third kappa shape index (κ3) is 5.94. The van der Waals surface area contributed by atoms with Crippen LogP contribution in [-0.4, -0.2) is 4.57 Å². The molecule has 0 saturated heterocycles. The van der Waals surface area contributed by atoms with Gasteiger partial charge < -0.3 is 14.4 Å². The Bertz CT molecular complexity index is 3670. The van der Waals surface area contributed by atoms with E-state index in [1.165, 1.54) is 126 Å². The minimum Gasteiger partial charge on any atom is -0.310 e. The van der Waals surface area contributed by atoms with E-state index in [1.807, 2.05) is 0 Å². The van der Waals surface area contributed by atoms with Crippen LogP contribution >= 0.6 is 0 Å². The average Bonchev–Trinajstić information content (AvgIpc) is 4.06. The molecular weight excluding hydrogens is 847 g/mol. The van der Waals surface area contributed by atoms with Crippen molar-refractivity contribution >= 4 is 55.9 Å². The van der Waals surface area contributed by atoms with Crippen molar-refractivity contribution in [1.82, 2.24) is 4.57 Å². The molecule has 1 spiro atoms. The van der Waals surface area contributed by atoms with Gasteiger partial charge in [-0.2, -0.15) is 0 Å². The number of benzene rings is 9. The summed E-state index contributed by atoms with van der Waals surface area (Å²) in [5.41, 5.74) is 23.6. The molecule has 0 amide bonds. The van der Waals surface area contributed by atoms with Crippen LogP contribution in [0, 0.1) is 18.8 Å². The fraction of sp³-hybridized carbons (Fsp3) is 0.194. The van der Waals surface area contributed by atoms with Crippen molar-refractivity contribution in [2.75, 3.05) is 9.80 Å². The van der Waals surface area contributed by atoms with E-state index >= 15 is 0 Å². The molecule has 9 aromatic carbocycles. The van der Waals surface area contributed by atoms with E-state index in [1.54, 1.807) is 11.1 Å². The lowest BCUT2D eigenvalue weighted by Crippen LogP contribution is -2.39. The first kappa shape index (κ1) is 41.4. The molecule has 10 aromatic rings. The Morgan fingerprint density at radius 1 is 0.443 bits per heavy atom. The van der Waals surface area contributed by atoms with Crippen molar-refractivity contribution in [3.05, 3.63) is 245 Å². The summed E-state index contributed by atoms with van der Waals surface area (Å²) in [6.07, 6.45) is 7.18. The highest BCUT2D eigenvalue weighted by Gasteiger charge is 2.59. The molecule has 3 heteroatoms. The predicted molar refractivity (Wildman–Crippen MR) is 293 cm³/mol. The van der Waals surface area contributed by atoms with Crippen LogP contribution in [0.5, 0.6) is 0 Å². The van der Waals surface area contributed by atoms with Crippen LogP contribution in [0.4, 0.5) is 34.1 Å². The Morgan fingerprint density at radius 2 is 0.986 bits per heavy atom. The molecule has 1 saturated carbocycles. The summed E-state index contributed by atoms with van der Waals surface area (Å²) in [6.45, 7) is 6.98. The fourth-order valence-corrected chi connectivity index (χ4v) is 14.3. The van der Waals surface area contributed by atoms with E-state index in [2.05, 4.69) is 241 Å². The Balaban J connectivity index is 1.01. The van der Waals surface area contributed by atoms with E-state index in [9.17, 15) is 0 Å². The number of fused-ring (bicyclic) bond motifs is 8. The SMILES string of the molecule is Cc1ccc(-n2c3ccccc3c3ccc(N(c4ccccc4)c4cccc5c4C46c7c(cccc7N(c7ccccc7)c7ccc8c(c7)C(C)(C)c7ccccc7-8)CC4CCCCC6C5)cc32)cc1. The summed E-state index contributed by atoms with van der Waals surface area (Å²) in [7, 11) is 0. The summed E-state index contributed by atoms with van der Waals surface area (Å²) in [5, 5.41) is 2.54. The zero-order valence-corrected chi connectivity index (χ0v) is 40.4. The van der Waals surface area contributed by atoms with Gasteiger partial charge in [-0.1, -0.05) is 160 Å². The van der Waals surface area contributed by atoms with E-state index in [0.717, 1.165) is 12.8 Å². The Hall–Kier alpha value is -7.62. The minimum atomic E-state index is -0.193. The molecule has 70 heavy (non-hydrogen) atoms. The average molecular weight is 904 g/mol. The predicted octanol–water partition coefficient (Wildman–Crippen LogP) is 17.5. The summed E-state index contributed by atoms with van der Waals surface area (Å²) in [4.78, 5) is 5.25. The number of hydrogen-bond donors (Lipinski definition) is 0. The molecule has 0 aliphatic heterocycles. The van der Waals surface area contributed by atoms with Crippen molar-refractivity contribution in [3.8, 4) is 16.8 Å². The van der Waals surface area contributed by atoms with Gasteiger partial charge in [0.25, 0.3) is 0 Å². The summed E-state index contributed by atoms with van der Waals surface area (Å²) >= 11 is 0. The Labute approximate surface area is 412 Å². The summed E-state index contributed by atoms with van der Waals surface area (Å²) in [5.74, 6) is 0.961. The van der Waals surface area contributed by atoms with Gasteiger partial charge in [-0.3, -0.25) is 0 Å². The molecular formula is C67H57N3. The maximum absolute atomic E-state index is 2.63. The van der Waals surface area contributed by atoms with Gasteiger partial charge in [-0.25, -0.2) is 0 Å². The first-order valence-corrected chi connectivity index (χ1v) is 25.7. The molecule has 3 unspecified atom stereocenters. The second-order valence-electron chi connectivity index (χ2n) is 21.2. The first-order valence-electron chi connectivity index (χ1n) is 25.7. The number of hydrogen-bond acceptors (Lipinski definition) is 2. The standard InChI is InChI=1S/C67H57N3/c1-44-32-34-51(35-33-44)70-60-29-15-13-27-56(60)57-39-37-53(43-63(57)70)69(50-24-8-5-9-25-50)62-31-17-19-46-41-48-21-11-10-20-47-40-45-18-16-30-61(64(45)67(47,48)65(46)62)68(49-22-6-4-7-23-49)52-36-38-55-54-26-12-14-28-58(54)66(2,3)59(55)42-52/h4-9,12-19,22-39,42-43,47-48H,10-11,20-21,40-41H2,1-3H3. The molecule has 1 aromatic heterocycles. The zero-order valence-electron chi connectivity index (χ0n) is 40.4. The van der Waals surface area contributed by atoms with Crippen LogP contribution in [0.3, 0.4) is 0 Å². The molecule has 340 valence electrons. The normalized spacial score (nSPS) is 19.2. The van der Waals surface area contributed by atoms with E-state index in [-0.39, 0.29) is 10.8 Å². The van der Waals surface area contributed by atoms with Crippen LogP contribution in [0.2, 0.25) is 0 Å². The largest absolute Gasteiger partial charge is 0.310 e. The van der Waals surface area contributed by atoms with Gasteiger partial charge in [-0.05, 0) is 168 Å². The molecule has 14 rings (SSSR count). The van der Waals surface area contributed by atoms with Crippen LogP contribution in [-0.2, 0) is 23.7 Å². The molecule has 4 aliphatic carbocycles. The summed E-state index contributed by atoms with van der Waals surface area (Å²) < 4.78 is 2.47. The quantitative estimate of drug-likeness (QED) is 0.158. The number of nitrogens with zero attached hydrogens (tertiary/aromatic N) is 3. The van der Waals surface area contributed by atoms with Crippen molar-refractivity contribution in [1.29, 1.82) is 0 Å². The maximum atomic E-state index is 2.63. The van der Waals surface area contributed by atoms with Gasteiger partial charge >= 0.3 is 0 Å². The lowest BCUT2D eigenvalue weighted by Gasteiger charge is -2.43. The van der Waals surface area contributed by atoms with E-state index < -0.39 is 0 Å². The molecule has 3 nitrogen and oxygen atoms in total. The second-order valence-corrected chi connectivity index (χ2v) is 21.2. The van der Waals surface area contributed by atoms with Gasteiger partial charge in [0.1, 0.15) is 0 Å². The highest BCUT2D eigenvalue weighted by molar-refractivity contribution is 6.10. The van der Waals surface area contributed by atoms with Crippen LogP contribution in [0.1, 0.15) is 78.5 Å². The van der Waals surface area contributed by atoms with Gasteiger partial charge in [0.15, 0.2) is 0 Å². The highest BCUT2D eigenvalue weighted by Crippen LogP contribution is 2.67. The van der Waals surface area contributed by atoms with Crippen LogP contribution in [0.15, 0.2) is 206 Å². The molecule has 0 bridgehead atoms. The molecule has 4 aliphatic rings. The molecule has 0 N–H and O–H groups in total. The molecule has 0 radical (unpaired) electrons. The van der Waals surface area contributed by atoms with Gasteiger partial charge in [0, 0.05) is 50.0 Å². The van der Waals surface area contributed by atoms with Crippen molar-refractivity contribution in [3.63, 3.8) is 0 Å². The number of rotatable bonds is 7. The fourth-order valence-electron chi connectivity index (χ4n) is 14.3. The lowest BCUT2D eigenvalue weighted by atomic mass is 9.63. The molecule has 1 heterocycles. The van der Waals surface area contributed by atoms with E-state index in [4.69, 9.17) is 0 Å². The van der Waals surface area contributed by atoms with Gasteiger partial charge in [0.05, 0.1) is 22.4 Å².